The zero-order valence-electron chi connectivity index (χ0n) is 12.9. The Morgan fingerprint density at radius 1 is 1.38 bits per heavy atom. The molecular formula is C16H25NO3S. The van der Waals surface area contributed by atoms with Gasteiger partial charge < -0.3 is 10.1 Å². The van der Waals surface area contributed by atoms with Crippen LogP contribution in [0.15, 0.2) is 18.2 Å². The molecule has 0 aromatic heterocycles. The third-order valence-electron chi connectivity index (χ3n) is 3.79. The number of hydrogen-bond acceptors (Lipinski definition) is 4. The molecule has 1 aliphatic carbocycles. The van der Waals surface area contributed by atoms with Crippen LogP contribution in [0.25, 0.3) is 0 Å². The molecule has 0 saturated heterocycles. The van der Waals surface area contributed by atoms with E-state index < -0.39 is 9.84 Å². The molecule has 1 unspecified atom stereocenters. The van der Waals surface area contributed by atoms with Crippen LogP contribution in [0.5, 0.6) is 5.75 Å². The van der Waals surface area contributed by atoms with Crippen molar-refractivity contribution < 1.29 is 13.2 Å². The average molecular weight is 311 g/mol. The SMILES string of the molecule is CCCNC1CCCc2cc(OCCS(C)(=O)=O)ccc21. The Morgan fingerprint density at radius 2 is 2.19 bits per heavy atom. The zero-order chi connectivity index (χ0) is 15.3. The van der Waals surface area contributed by atoms with E-state index in [1.165, 1.54) is 30.2 Å². The van der Waals surface area contributed by atoms with E-state index in [0.717, 1.165) is 25.1 Å². The van der Waals surface area contributed by atoms with Crippen LogP contribution < -0.4 is 10.1 Å². The van der Waals surface area contributed by atoms with E-state index >= 15 is 0 Å². The fraction of sp³-hybridized carbons (Fsp3) is 0.625. The van der Waals surface area contributed by atoms with Gasteiger partial charge in [-0.1, -0.05) is 13.0 Å². The van der Waals surface area contributed by atoms with E-state index in [1.807, 2.05) is 6.07 Å². The Kier molecular flexibility index (Phi) is 5.65. The quantitative estimate of drug-likeness (QED) is 0.840. The number of fused-ring (bicyclic) bond motifs is 1. The Labute approximate surface area is 127 Å². The summed E-state index contributed by atoms with van der Waals surface area (Å²) in [6, 6.07) is 6.58. The summed E-state index contributed by atoms with van der Waals surface area (Å²) in [5.74, 6) is 0.832. The molecule has 1 atom stereocenters. The van der Waals surface area contributed by atoms with Gasteiger partial charge in [0, 0.05) is 12.3 Å². The molecule has 1 aliphatic rings. The van der Waals surface area contributed by atoms with E-state index in [4.69, 9.17) is 4.74 Å². The molecule has 0 heterocycles. The van der Waals surface area contributed by atoms with E-state index in [1.54, 1.807) is 0 Å². The van der Waals surface area contributed by atoms with Gasteiger partial charge in [0.05, 0.1) is 5.75 Å². The van der Waals surface area contributed by atoms with Gasteiger partial charge in [-0.15, -0.1) is 0 Å². The lowest BCUT2D eigenvalue weighted by Crippen LogP contribution is -2.25. The Bertz CT molecular complexity index is 569. The van der Waals surface area contributed by atoms with E-state index in [-0.39, 0.29) is 12.4 Å². The van der Waals surface area contributed by atoms with Gasteiger partial charge in [0.2, 0.25) is 0 Å². The van der Waals surface area contributed by atoms with Crippen LogP contribution in [0.3, 0.4) is 0 Å². The van der Waals surface area contributed by atoms with E-state index in [2.05, 4.69) is 24.4 Å². The molecule has 0 spiro atoms. The van der Waals surface area contributed by atoms with Gasteiger partial charge in [-0.3, -0.25) is 0 Å². The van der Waals surface area contributed by atoms with Crippen molar-refractivity contribution in [1.29, 1.82) is 0 Å². The first-order valence-electron chi connectivity index (χ1n) is 7.66. The number of nitrogens with one attached hydrogen (secondary N) is 1. The summed E-state index contributed by atoms with van der Waals surface area (Å²) in [5, 5.41) is 3.59. The summed E-state index contributed by atoms with van der Waals surface area (Å²) in [7, 11) is -2.97. The summed E-state index contributed by atoms with van der Waals surface area (Å²) in [6.07, 6.45) is 5.80. The topological polar surface area (TPSA) is 55.4 Å². The second-order valence-corrected chi connectivity index (χ2v) is 8.00. The highest BCUT2D eigenvalue weighted by Crippen LogP contribution is 2.32. The molecule has 21 heavy (non-hydrogen) atoms. The van der Waals surface area contributed by atoms with E-state index in [9.17, 15) is 8.42 Å². The van der Waals surface area contributed by atoms with Crippen molar-refractivity contribution in [3.8, 4) is 5.75 Å². The molecule has 4 nitrogen and oxygen atoms in total. The van der Waals surface area contributed by atoms with Crippen LogP contribution in [0.2, 0.25) is 0 Å². The van der Waals surface area contributed by atoms with Gasteiger partial charge in [-0.2, -0.15) is 0 Å². The third-order valence-corrected chi connectivity index (χ3v) is 4.70. The van der Waals surface area contributed by atoms with Crippen LogP contribution in [-0.4, -0.2) is 33.6 Å². The molecule has 1 aromatic carbocycles. The van der Waals surface area contributed by atoms with Crippen molar-refractivity contribution in [3.63, 3.8) is 0 Å². The molecule has 1 N–H and O–H groups in total. The summed E-state index contributed by atoms with van der Waals surface area (Å²) in [6.45, 7) is 3.43. The van der Waals surface area contributed by atoms with Crippen LogP contribution in [0, 0.1) is 0 Å². The highest BCUT2D eigenvalue weighted by Gasteiger charge is 2.19. The first kappa shape index (κ1) is 16.3. The van der Waals surface area contributed by atoms with Crippen LogP contribution in [0.4, 0.5) is 0 Å². The lowest BCUT2D eigenvalue weighted by atomic mass is 9.87. The molecule has 0 fully saturated rings. The average Bonchev–Trinajstić information content (AvgIpc) is 2.43. The minimum absolute atomic E-state index is 0.0603. The van der Waals surface area contributed by atoms with Gasteiger partial charge in [0.1, 0.15) is 12.4 Å². The molecule has 5 heteroatoms. The predicted octanol–water partition coefficient (Wildman–Crippen LogP) is 2.49. The van der Waals surface area contributed by atoms with Gasteiger partial charge in [0.25, 0.3) is 0 Å². The van der Waals surface area contributed by atoms with E-state index in [0.29, 0.717) is 6.04 Å². The monoisotopic (exact) mass is 311 g/mol. The highest BCUT2D eigenvalue weighted by molar-refractivity contribution is 7.90. The standard InChI is InChI=1S/C16H25NO3S/c1-3-9-17-16-6-4-5-13-12-14(7-8-15(13)16)20-10-11-21(2,18)19/h7-8,12,16-17H,3-6,9-11H2,1-2H3. The Morgan fingerprint density at radius 3 is 2.90 bits per heavy atom. The Hall–Kier alpha value is -1.07. The van der Waals surface area contributed by atoms with Crippen molar-refractivity contribution in [2.75, 3.05) is 25.2 Å². The second kappa shape index (κ2) is 7.27. The summed E-state index contributed by atoms with van der Waals surface area (Å²) >= 11 is 0. The molecular weight excluding hydrogens is 286 g/mol. The number of ether oxygens (including phenoxy) is 1. The first-order chi connectivity index (χ1) is 9.99. The molecule has 1 aromatic rings. The molecule has 0 radical (unpaired) electrons. The number of sulfone groups is 1. The number of benzene rings is 1. The normalized spacial score (nSPS) is 18.3. The summed E-state index contributed by atoms with van der Waals surface area (Å²) in [5.41, 5.74) is 2.69. The molecule has 0 bridgehead atoms. The number of rotatable bonds is 7. The van der Waals surface area contributed by atoms with Crippen molar-refractivity contribution in [3.05, 3.63) is 29.3 Å². The molecule has 0 aliphatic heterocycles. The fourth-order valence-electron chi connectivity index (χ4n) is 2.72. The van der Waals surface area contributed by atoms with Gasteiger partial charge >= 0.3 is 0 Å². The summed E-state index contributed by atoms with van der Waals surface area (Å²) < 4.78 is 27.8. The fourth-order valence-corrected chi connectivity index (χ4v) is 3.11. The first-order valence-corrected chi connectivity index (χ1v) is 9.72. The maximum atomic E-state index is 11.1. The maximum Gasteiger partial charge on any atom is 0.150 e. The van der Waals surface area contributed by atoms with Crippen LogP contribution in [-0.2, 0) is 16.3 Å². The zero-order valence-corrected chi connectivity index (χ0v) is 13.7. The summed E-state index contributed by atoms with van der Waals surface area (Å²) in [4.78, 5) is 0. The smallest absolute Gasteiger partial charge is 0.150 e. The van der Waals surface area contributed by atoms with Crippen molar-refractivity contribution in [2.24, 2.45) is 0 Å². The molecule has 0 saturated carbocycles. The lowest BCUT2D eigenvalue weighted by molar-refractivity contribution is 0.340. The van der Waals surface area contributed by atoms with Gasteiger partial charge in [-0.25, -0.2) is 8.42 Å². The highest BCUT2D eigenvalue weighted by atomic mass is 32.2. The number of hydrogen-bond donors (Lipinski definition) is 1. The molecule has 0 amide bonds. The largest absolute Gasteiger partial charge is 0.493 e. The minimum atomic E-state index is -2.97. The van der Waals surface area contributed by atoms with Crippen molar-refractivity contribution in [1.82, 2.24) is 5.32 Å². The molecule has 118 valence electrons. The maximum absolute atomic E-state index is 11.1. The van der Waals surface area contributed by atoms with Crippen LogP contribution >= 0.6 is 0 Å². The second-order valence-electron chi connectivity index (χ2n) is 5.74. The predicted molar refractivity (Wildman–Crippen MR) is 85.6 cm³/mol. The number of aryl methyl sites for hydroxylation is 1. The Balaban J connectivity index is 2.01. The van der Waals surface area contributed by atoms with Crippen molar-refractivity contribution >= 4 is 9.84 Å². The minimum Gasteiger partial charge on any atom is -0.493 e. The lowest BCUT2D eigenvalue weighted by Gasteiger charge is -2.27. The van der Waals surface area contributed by atoms with Gasteiger partial charge in [-0.05, 0) is 55.5 Å². The van der Waals surface area contributed by atoms with Gasteiger partial charge in [0.15, 0.2) is 9.84 Å². The van der Waals surface area contributed by atoms with Crippen molar-refractivity contribution in [2.45, 2.75) is 38.6 Å². The third kappa shape index (κ3) is 5.00. The van der Waals surface area contributed by atoms with Crippen LogP contribution in [0.1, 0.15) is 43.4 Å². The molecule has 2 rings (SSSR count).